The first-order valence-corrected chi connectivity index (χ1v) is 6.45. The fourth-order valence-electron chi connectivity index (χ4n) is 1.55. The number of hydrogen-bond acceptors (Lipinski definition) is 5. The maximum Gasteiger partial charge on any atom is 0.226 e. The van der Waals surface area contributed by atoms with Crippen LogP contribution in [0.1, 0.15) is 12.8 Å². The largest absolute Gasteiger partial charge is 0.399 e. The molecule has 1 amide bonds. The summed E-state index contributed by atoms with van der Waals surface area (Å²) in [5.74, 6) is -0.0425. The van der Waals surface area contributed by atoms with Crippen molar-refractivity contribution in [2.45, 2.75) is 12.8 Å². The van der Waals surface area contributed by atoms with E-state index in [-0.39, 0.29) is 5.91 Å². The van der Waals surface area contributed by atoms with Crippen LogP contribution >= 0.6 is 11.3 Å². The number of nitrogens with two attached hydrogens (primary N) is 1. The Morgan fingerprint density at radius 1 is 1.56 bits per heavy atom. The van der Waals surface area contributed by atoms with Crippen LogP contribution in [0.2, 0.25) is 0 Å². The van der Waals surface area contributed by atoms with Gasteiger partial charge in [-0.2, -0.15) is 0 Å². The van der Waals surface area contributed by atoms with Gasteiger partial charge < -0.3 is 15.8 Å². The third-order valence-corrected chi connectivity index (χ3v) is 3.34. The number of methoxy groups -OCH3 is 1. The minimum Gasteiger partial charge on any atom is -0.399 e. The van der Waals surface area contributed by atoms with Gasteiger partial charge in [0.1, 0.15) is 0 Å². The van der Waals surface area contributed by atoms with Crippen molar-refractivity contribution in [2.75, 3.05) is 24.8 Å². The van der Waals surface area contributed by atoms with Gasteiger partial charge in [-0.05, 0) is 24.6 Å². The van der Waals surface area contributed by atoms with E-state index in [9.17, 15) is 4.79 Å². The molecule has 0 aliphatic heterocycles. The Morgan fingerprint density at radius 3 is 3.17 bits per heavy atom. The summed E-state index contributed by atoms with van der Waals surface area (Å²) in [4.78, 5) is 15.9. The number of fused-ring (bicyclic) bond motifs is 1. The van der Waals surface area contributed by atoms with Gasteiger partial charge in [0.2, 0.25) is 5.91 Å². The average Bonchev–Trinajstić information content (AvgIpc) is 2.70. The first kappa shape index (κ1) is 12.8. The highest BCUT2D eigenvalue weighted by atomic mass is 32.1. The number of benzene rings is 1. The van der Waals surface area contributed by atoms with Crippen LogP contribution in [-0.2, 0) is 9.53 Å². The zero-order chi connectivity index (χ0) is 13.0. The van der Waals surface area contributed by atoms with Gasteiger partial charge in [0.25, 0.3) is 0 Å². The lowest BCUT2D eigenvalue weighted by atomic mass is 10.3. The molecule has 0 atom stereocenters. The molecular weight excluding hydrogens is 250 g/mol. The molecule has 18 heavy (non-hydrogen) atoms. The van der Waals surface area contributed by atoms with E-state index in [4.69, 9.17) is 10.5 Å². The Morgan fingerprint density at radius 2 is 2.39 bits per heavy atom. The van der Waals surface area contributed by atoms with Crippen molar-refractivity contribution in [1.82, 2.24) is 4.98 Å². The number of nitrogen functional groups attached to an aromatic ring is 1. The molecule has 1 heterocycles. The molecule has 0 unspecified atom stereocenters. The molecule has 0 aliphatic carbocycles. The van der Waals surface area contributed by atoms with E-state index in [2.05, 4.69) is 10.3 Å². The van der Waals surface area contributed by atoms with Crippen LogP contribution in [0.5, 0.6) is 0 Å². The standard InChI is InChI=1S/C12H15N3O2S/c1-17-6-2-3-11(16)15-12-14-9-5-4-8(13)7-10(9)18-12/h4-5,7H,2-3,6,13H2,1H3,(H,14,15,16). The number of nitrogens with zero attached hydrogens (tertiary/aromatic N) is 1. The Bertz CT molecular complexity index is 553. The van der Waals surface area contributed by atoms with Crippen LogP contribution in [0.4, 0.5) is 10.8 Å². The van der Waals surface area contributed by atoms with Crippen LogP contribution in [0, 0.1) is 0 Å². The zero-order valence-electron chi connectivity index (χ0n) is 10.1. The molecule has 0 saturated heterocycles. The second kappa shape index (κ2) is 5.79. The van der Waals surface area contributed by atoms with E-state index in [0.717, 1.165) is 10.2 Å². The average molecular weight is 265 g/mol. The number of amides is 1. The van der Waals surface area contributed by atoms with Gasteiger partial charge >= 0.3 is 0 Å². The summed E-state index contributed by atoms with van der Waals surface area (Å²) in [6.07, 6.45) is 1.14. The monoisotopic (exact) mass is 265 g/mol. The fraction of sp³-hybridized carbons (Fsp3) is 0.333. The first-order valence-electron chi connectivity index (χ1n) is 5.64. The van der Waals surface area contributed by atoms with Crippen LogP contribution in [0.15, 0.2) is 18.2 Å². The van der Waals surface area contributed by atoms with Gasteiger partial charge in [-0.15, -0.1) is 0 Å². The Hall–Kier alpha value is -1.66. The second-order valence-electron chi connectivity index (χ2n) is 3.89. The number of carbonyl (C=O) groups excluding carboxylic acids is 1. The lowest BCUT2D eigenvalue weighted by molar-refractivity contribution is -0.116. The second-order valence-corrected chi connectivity index (χ2v) is 4.92. The highest BCUT2D eigenvalue weighted by Gasteiger charge is 2.07. The molecule has 5 nitrogen and oxygen atoms in total. The van der Waals surface area contributed by atoms with Crippen molar-refractivity contribution in [3.05, 3.63) is 18.2 Å². The van der Waals surface area contributed by atoms with Crippen LogP contribution in [0.3, 0.4) is 0 Å². The molecule has 2 aromatic rings. The van der Waals surface area contributed by atoms with E-state index in [1.807, 2.05) is 12.1 Å². The van der Waals surface area contributed by atoms with Crippen molar-refractivity contribution in [3.8, 4) is 0 Å². The van der Waals surface area contributed by atoms with Crippen molar-refractivity contribution in [3.63, 3.8) is 0 Å². The van der Waals surface area contributed by atoms with Gasteiger partial charge in [-0.25, -0.2) is 4.98 Å². The van der Waals surface area contributed by atoms with Crippen LogP contribution < -0.4 is 11.1 Å². The predicted molar refractivity (Wildman–Crippen MR) is 73.8 cm³/mol. The number of nitrogens with one attached hydrogen (secondary N) is 1. The lowest BCUT2D eigenvalue weighted by Crippen LogP contribution is -2.11. The van der Waals surface area contributed by atoms with Crippen LogP contribution in [0.25, 0.3) is 10.2 Å². The van der Waals surface area contributed by atoms with E-state index in [1.54, 1.807) is 13.2 Å². The van der Waals surface area contributed by atoms with Crippen molar-refractivity contribution >= 4 is 38.3 Å². The van der Waals surface area contributed by atoms with Crippen LogP contribution in [-0.4, -0.2) is 24.6 Å². The summed E-state index contributed by atoms with van der Waals surface area (Å²) < 4.78 is 5.87. The van der Waals surface area contributed by atoms with Gasteiger partial charge in [0.15, 0.2) is 5.13 Å². The van der Waals surface area contributed by atoms with Crippen molar-refractivity contribution < 1.29 is 9.53 Å². The Kier molecular flexibility index (Phi) is 4.11. The maximum atomic E-state index is 11.6. The molecule has 0 radical (unpaired) electrons. The van der Waals surface area contributed by atoms with Crippen molar-refractivity contribution in [2.24, 2.45) is 0 Å². The summed E-state index contributed by atoms with van der Waals surface area (Å²) in [6.45, 7) is 0.587. The smallest absolute Gasteiger partial charge is 0.226 e. The summed E-state index contributed by atoms with van der Waals surface area (Å²) in [5.41, 5.74) is 7.24. The van der Waals surface area contributed by atoms with E-state index in [0.29, 0.717) is 30.3 Å². The normalized spacial score (nSPS) is 10.7. The van der Waals surface area contributed by atoms with E-state index < -0.39 is 0 Å². The number of hydrogen-bond donors (Lipinski definition) is 2. The molecule has 6 heteroatoms. The molecule has 1 aromatic carbocycles. The zero-order valence-corrected chi connectivity index (χ0v) is 10.9. The first-order chi connectivity index (χ1) is 8.69. The van der Waals surface area contributed by atoms with E-state index >= 15 is 0 Å². The highest BCUT2D eigenvalue weighted by molar-refractivity contribution is 7.22. The summed E-state index contributed by atoms with van der Waals surface area (Å²) in [6, 6.07) is 5.50. The van der Waals surface area contributed by atoms with Gasteiger partial charge in [0, 0.05) is 25.8 Å². The highest BCUT2D eigenvalue weighted by Crippen LogP contribution is 2.27. The number of anilines is 2. The molecule has 96 valence electrons. The Labute approximate surface area is 109 Å². The minimum absolute atomic E-state index is 0.0425. The number of ether oxygens (including phenoxy) is 1. The SMILES string of the molecule is COCCCC(=O)Nc1nc2ccc(N)cc2s1. The van der Waals surface area contributed by atoms with E-state index in [1.165, 1.54) is 11.3 Å². The lowest BCUT2D eigenvalue weighted by Gasteiger charge is -2.00. The predicted octanol–water partition coefficient (Wildman–Crippen LogP) is 2.24. The third-order valence-electron chi connectivity index (χ3n) is 2.41. The van der Waals surface area contributed by atoms with Gasteiger partial charge in [-0.3, -0.25) is 4.79 Å². The molecule has 3 N–H and O–H groups in total. The molecular formula is C12H15N3O2S. The summed E-state index contributed by atoms with van der Waals surface area (Å²) >= 11 is 1.42. The third kappa shape index (κ3) is 3.18. The molecule has 0 bridgehead atoms. The Balaban J connectivity index is 2.01. The topological polar surface area (TPSA) is 77.2 Å². The molecule has 0 spiro atoms. The summed E-state index contributed by atoms with van der Waals surface area (Å²) in [7, 11) is 1.62. The molecule has 0 aliphatic rings. The van der Waals surface area contributed by atoms with Crippen molar-refractivity contribution in [1.29, 1.82) is 0 Å². The maximum absolute atomic E-state index is 11.6. The number of rotatable bonds is 5. The number of thiazole rings is 1. The molecule has 0 saturated carbocycles. The summed E-state index contributed by atoms with van der Waals surface area (Å²) in [5, 5.41) is 3.39. The molecule has 2 rings (SSSR count). The fourth-order valence-corrected chi connectivity index (χ4v) is 2.48. The quantitative estimate of drug-likeness (QED) is 0.642. The minimum atomic E-state index is -0.0425. The number of carbonyl (C=O) groups is 1. The van der Waals surface area contributed by atoms with Gasteiger partial charge in [0.05, 0.1) is 10.2 Å². The number of aromatic nitrogens is 1. The molecule has 0 fully saturated rings. The van der Waals surface area contributed by atoms with Gasteiger partial charge in [-0.1, -0.05) is 11.3 Å². The molecule has 1 aromatic heterocycles.